The zero-order valence-corrected chi connectivity index (χ0v) is 50.5. The van der Waals surface area contributed by atoms with E-state index < -0.39 is 0 Å². The van der Waals surface area contributed by atoms with Crippen molar-refractivity contribution in [1.29, 1.82) is 0 Å². The van der Waals surface area contributed by atoms with Crippen molar-refractivity contribution in [2.24, 2.45) is 0 Å². The molecule has 6 rings (SSSR count). The van der Waals surface area contributed by atoms with Crippen LogP contribution in [-0.4, -0.2) is 0 Å². The van der Waals surface area contributed by atoms with Gasteiger partial charge in [-0.25, -0.2) is 0 Å². The highest BCUT2D eigenvalue weighted by Crippen LogP contribution is 2.46. The molecule has 0 saturated heterocycles. The molecule has 0 aliphatic heterocycles. The predicted octanol–water partition coefficient (Wildman–Crippen LogP) is 25.9. The molecular formula is C76H114O. The number of hydrogen-bond acceptors (Lipinski definition) is 1. The Morgan fingerprint density at radius 2 is 0.429 bits per heavy atom. The SMILES string of the molecule is CCCCCCCCCCCCc1c2ccccc2c([C@@H](CCCCCCCCCCC)O[C@H](CCCCCCCCCCC)c2c3ccccc3c(CCCCCCCCCCCC)c3ccccc23)c2ccccc12. The summed E-state index contributed by atoms with van der Waals surface area (Å²) in [5.74, 6) is 0. The Hall–Kier alpha value is -3.68. The first-order valence-corrected chi connectivity index (χ1v) is 33.7. The molecule has 0 spiro atoms. The topological polar surface area (TPSA) is 9.23 Å². The van der Waals surface area contributed by atoms with Crippen molar-refractivity contribution >= 4 is 43.1 Å². The van der Waals surface area contributed by atoms with Gasteiger partial charge in [0.25, 0.3) is 0 Å². The molecule has 0 aromatic heterocycles. The van der Waals surface area contributed by atoms with Crippen molar-refractivity contribution in [3.05, 3.63) is 119 Å². The van der Waals surface area contributed by atoms with Gasteiger partial charge in [-0.3, -0.25) is 0 Å². The summed E-state index contributed by atoms with van der Waals surface area (Å²) in [6, 6.07) is 38.2. The lowest BCUT2D eigenvalue weighted by atomic mass is 9.85. The molecule has 1 nitrogen and oxygen atoms in total. The maximum atomic E-state index is 8.21. The van der Waals surface area contributed by atoms with Crippen LogP contribution in [0.1, 0.15) is 319 Å². The number of benzene rings is 6. The number of fused-ring (bicyclic) bond motifs is 4. The average molecular weight is 1040 g/mol. The predicted molar refractivity (Wildman–Crippen MR) is 344 cm³/mol. The lowest BCUT2D eigenvalue weighted by Crippen LogP contribution is -2.14. The van der Waals surface area contributed by atoms with Gasteiger partial charge in [-0.1, -0.05) is 356 Å². The van der Waals surface area contributed by atoms with Gasteiger partial charge >= 0.3 is 0 Å². The van der Waals surface area contributed by atoms with Gasteiger partial charge in [0, 0.05) is 0 Å². The Labute approximate surface area is 474 Å². The van der Waals surface area contributed by atoms with Crippen molar-refractivity contribution in [3.63, 3.8) is 0 Å². The summed E-state index contributed by atoms with van der Waals surface area (Å²) >= 11 is 0. The summed E-state index contributed by atoms with van der Waals surface area (Å²) < 4.78 is 8.21. The van der Waals surface area contributed by atoms with Gasteiger partial charge in [0.1, 0.15) is 0 Å². The molecule has 0 N–H and O–H groups in total. The highest BCUT2D eigenvalue weighted by atomic mass is 16.5. The van der Waals surface area contributed by atoms with Gasteiger partial charge in [-0.2, -0.15) is 0 Å². The molecule has 6 aromatic rings. The molecule has 77 heavy (non-hydrogen) atoms. The molecule has 0 heterocycles. The molecule has 424 valence electrons. The minimum atomic E-state index is -0.00635. The van der Waals surface area contributed by atoms with E-state index in [1.54, 1.807) is 11.1 Å². The third-order valence-corrected chi connectivity index (χ3v) is 17.8. The zero-order chi connectivity index (χ0) is 53.8. The molecule has 0 bridgehead atoms. The first-order valence-electron chi connectivity index (χ1n) is 33.7. The fourth-order valence-corrected chi connectivity index (χ4v) is 13.4. The van der Waals surface area contributed by atoms with Crippen LogP contribution < -0.4 is 0 Å². The van der Waals surface area contributed by atoms with Crippen LogP contribution in [0.3, 0.4) is 0 Å². The molecule has 0 unspecified atom stereocenters. The van der Waals surface area contributed by atoms with Crippen LogP contribution in [0.4, 0.5) is 0 Å². The number of ether oxygens (including phenoxy) is 1. The quantitative estimate of drug-likeness (QED) is 0.0273. The molecule has 0 saturated carbocycles. The Morgan fingerprint density at radius 3 is 0.662 bits per heavy atom. The van der Waals surface area contributed by atoms with Crippen LogP contribution >= 0.6 is 0 Å². The standard InChI is InChI=1S/C76H114O/c1-5-9-13-17-21-25-29-31-35-39-51-63-65-53-43-47-57-69(65)75(70-58-48-44-54-66(63)70)73(61-41-37-33-27-23-19-15-11-7-3)77-74(62-42-38-34-28-24-20-16-12-8-4)76-71-59-49-45-55-67(71)64(68-56-46-50-60-72(68)76)52-40-36-32-30-26-22-18-14-10-6-2/h43-50,53-60,73-74H,5-42,51-52,61-62H2,1-4H3/t73-,74-/m1/s1. The normalized spacial score (nSPS) is 12.7. The average Bonchev–Trinajstić information content (AvgIpc) is 3.46. The highest BCUT2D eigenvalue weighted by Gasteiger charge is 2.28. The van der Waals surface area contributed by atoms with Crippen LogP contribution in [0.5, 0.6) is 0 Å². The molecule has 0 amide bonds. The number of aryl methyl sites for hydroxylation is 2. The Bertz CT molecular complexity index is 2170. The fraction of sp³-hybridized carbons (Fsp3) is 0.632. The zero-order valence-electron chi connectivity index (χ0n) is 50.5. The molecule has 0 aliphatic rings. The van der Waals surface area contributed by atoms with Crippen LogP contribution in [0.25, 0.3) is 43.1 Å². The molecular weight excluding hydrogens is 929 g/mol. The summed E-state index contributed by atoms with van der Waals surface area (Å²) in [6.45, 7) is 9.31. The second kappa shape index (κ2) is 38.8. The monoisotopic (exact) mass is 1040 g/mol. The van der Waals surface area contributed by atoms with Crippen LogP contribution in [-0.2, 0) is 17.6 Å². The number of unbranched alkanes of at least 4 members (excludes halogenated alkanes) is 34. The fourth-order valence-electron chi connectivity index (χ4n) is 13.4. The van der Waals surface area contributed by atoms with E-state index in [9.17, 15) is 0 Å². The van der Waals surface area contributed by atoms with E-state index in [4.69, 9.17) is 4.74 Å². The van der Waals surface area contributed by atoms with Gasteiger partial charge in [-0.15, -0.1) is 0 Å². The molecule has 1 heteroatoms. The van der Waals surface area contributed by atoms with Crippen LogP contribution in [0, 0.1) is 0 Å². The van der Waals surface area contributed by atoms with Crippen molar-refractivity contribution < 1.29 is 4.74 Å². The van der Waals surface area contributed by atoms with Gasteiger partial charge in [0.15, 0.2) is 0 Å². The van der Waals surface area contributed by atoms with Gasteiger partial charge in [0.2, 0.25) is 0 Å². The van der Waals surface area contributed by atoms with Crippen molar-refractivity contribution in [1.82, 2.24) is 0 Å². The minimum Gasteiger partial charge on any atom is -0.366 e. The summed E-state index contributed by atoms with van der Waals surface area (Å²) in [5, 5.41) is 11.5. The van der Waals surface area contributed by atoms with E-state index in [0.29, 0.717) is 0 Å². The van der Waals surface area contributed by atoms with Crippen molar-refractivity contribution in [3.8, 4) is 0 Å². The number of hydrogen-bond donors (Lipinski definition) is 0. The number of rotatable bonds is 46. The lowest BCUT2D eigenvalue weighted by Gasteiger charge is -2.31. The van der Waals surface area contributed by atoms with Crippen molar-refractivity contribution in [2.45, 2.75) is 310 Å². The first-order chi connectivity index (χ1) is 38.2. The molecule has 0 aliphatic carbocycles. The summed E-state index contributed by atoms with van der Waals surface area (Å²) in [7, 11) is 0. The second-order valence-electron chi connectivity index (χ2n) is 24.2. The van der Waals surface area contributed by atoms with Crippen LogP contribution in [0.2, 0.25) is 0 Å². The van der Waals surface area contributed by atoms with E-state index in [-0.39, 0.29) is 12.2 Å². The Morgan fingerprint density at radius 1 is 0.234 bits per heavy atom. The van der Waals surface area contributed by atoms with E-state index in [1.165, 1.54) is 298 Å². The molecule has 0 radical (unpaired) electrons. The van der Waals surface area contributed by atoms with Gasteiger partial charge < -0.3 is 4.74 Å². The maximum Gasteiger partial charge on any atom is 0.0845 e. The lowest BCUT2D eigenvalue weighted by molar-refractivity contribution is -0.0235. The largest absolute Gasteiger partial charge is 0.366 e. The third kappa shape index (κ3) is 21.1. The molecule has 6 aromatic carbocycles. The van der Waals surface area contributed by atoms with E-state index in [1.807, 2.05) is 0 Å². The smallest absolute Gasteiger partial charge is 0.0845 e. The van der Waals surface area contributed by atoms with E-state index >= 15 is 0 Å². The van der Waals surface area contributed by atoms with E-state index in [0.717, 1.165) is 25.7 Å². The minimum absolute atomic E-state index is 0.00635. The summed E-state index contributed by atoms with van der Waals surface area (Å²) in [5.41, 5.74) is 6.02. The summed E-state index contributed by atoms with van der Waals surface area (Å²) in [4.78, 5) is 0. The van der Waals surface area contributed by atoms with Crippen molar-refractivity contribution in [2.75, 3.05) is 0 Å². The Balaban J connectivity index is 1.34. The van der Waals surface area contributed by atoms with Gasteiger partial charge in [-0.05, 0) is 104 Å². The van der Waals surface area contributed by atoms with Gasteiger partial charge in [0.05, 0.1) is 12.2 Å². The molecule has 0 fully saturated rings. The first kappa shape index (κ1) is 62.5. The summed E-state index contributed by atoms with van der Waals surface area (Å²) in [6.07, 6.45) is 55.9. The third-order valence-electron chi connectivity index (χ3n) is 17.8. The Kier molecular flexibility index (Phi) is 31.5. The second-order valence-corrected chi connectivity index (χ2v) is 24.2. The van der Waals surface area contributed by atoms with Crippen LogP contribution in [0.15, 0.2) is 97.1 Å². The molecule has 2 atom stereocenters. The van der Waals surface area contributed by atoms with E-state index in [2.05, 4.69) is 125 Å². The maximum absolute atomic E-state index is 8.21. The highest BCUT2D eigenvalue weighted by molar-refractivity contribution is 6.07.